The average Bonchev–Trinajstić information content (AvgIpc) is 2.41. The Morgan fingerprint density at radius 1 is 1.50 bits per heavy atom. The summed E-state index contributed by atoms with van der Waals surface area (Å²) in [7, 11) is 1.88. The van der Waals surface area contributed by atoms with Crippen LogP contribution in [0, 0.1) is 0 Å². The Morgan fingerprint density at radius 2 is 2.21 bits per heavy atom. The van der Waals surface area contributed by atoms with Gasteiger partial charge in [-0.15, -0.1) is 0 Å². The molecule has 3 N–H and O–H groups in total. The van der Waals surface area contributed by atoms with Crippen molar-refractivity contribution in [2.24, 2.45) is 12.8 Å². The Balaban J connectivity index is 2.94. The summed E-state index contributed by atoms with van der Waals surface area (Å²) in [6.07, 6.45) is 0. The van der Waals surface area contributed by atoms with Gasteiger partial charge < -0.3 is 15.4 Å². The Kier molecular flexibility index (Phi) is 2.13. The third kappa shape index (κ3) is 1.10. The molecule has 0 atom stereocenters. The zero-order chi connectivity index (χ0) is 10.3. The largest absolute Gasteiger partial charge is 0.507 e. The van der Waals surface area contributed by atoms with Crippen LogP contribution in [0.5, 0.6) is 5.75 Å². The zero-order valence-corrected chi connectivity index (χ0v) is 8.54. The SMILES string of the molecule is Cn1c(CN)c(Cl)c2c(O)cccc21. The van der Waals surface area contributed by atoms with Crippen molar-refractivity contribution < 1.29 is 5.11 Å². The van der Waals surface area contributed by atoms with Gasteiger partial charge in [-0.1, -0.05) is 17.7 Å². The molecule has 2 aromatic rings. The minimum Gasteiger partial charge on any atom is -0.507 e. The van der Waals surface area contributed by atoms with E-state index in [1.165, 1.54) is 0 Å². The molecule has 0 unspecified atom stereocenters. The topological polar surface area (TPSA) is 51.2 Å². The monoisotopic (exact) mass is 210 g/mol. The first-order valence-electron chi connectivity index (χ1n) is 4.31. The second-order valence-electron chi connectivity index (χ2n) is 3.20. The van der Waals surface area contributed by atoms with Crippen molar-refractivity contribution in [3.8, 4) is 5.75 Å². The van der Waals surface area contributed by atoms with Crippen molar-refractivity contribution in [1.29, 1.82) is 0 Å². The molecule has 0 aliphatic heterocycles. The first-order chi connectivity index (χ1) is 6.66. The molecule has 74 valence electrons. The van der Waals surface area contributed by atoms with Crippen LogP contribution in [0.3, 0.4) is 0 Å². The van der Waals surface area contributed by atoms with Gasteiger partial charge in [-0.3, -0.25) is 0 Å². The number of fused-ring (bicyclic) bond motifs is 1. The molecule has 1 aromatic carbocycles. The molecule has 1 aromatic heterocycles. The molecule has 0 spiro atoms. The maximum absolute atomic E-state index is 9.65. The van der Waals surface area contributed by atoms with E-state index in [9.17, 15) is 5.11 Å². The van der Waals surface area contributed by atoms with Crippen molar-refractivity contribution in [3.05, 3.63) is 28.9 Å². The predicted octanol–water partition coefficient (Wildman–Crippen LogP) is 2.00. The quantitative estimate of drug-likeness (QED) is 0.757. The summed E-state index contributed by atoms with van der Waals surface area (Å²) in [5, 5.41) is 10.9. The maximum Gasteiger partial charge on any atom is 0.126 e. The maximum atomic E-state index is 9.65. The van der Waals surface area contributed by atoms with Gasteiger partial charge in [0.25, 0.3) is 0 Å². The van der Waals surface area contributed by atoms with E-state index in [0.29, 0.717) is 17.0 Å². The van der Waals surface area contributed by atoms with E-state index in [2.05, 4.69) is 0 Å². The number of hydrogen-bond donors (Lipinski definition) is 2. The van der Waals surface area contributed by atoms with Crippen molar-refractivity contribution in [2.45, 2.75) is 6.54 Å². The fraction of sp³-hybridized carbons (Fsp3) is 0.200. The second kappa shape index (κ2) is 3.19. The number of nitrogens with zero attached hydrogens (tertiary/aromatic N) is 1. The van der Waals surface area contributed by atoms with Gasteiger partial charge in [-0.25, -0.2) is 0 Å². The van der Waals surface area contributed by atoms with Crippen LogP contribution in [0.4, 0.5) is 0 Å². The van der Waals surface area contributed by atoms with Gasteiger partial charge in [0.15, 0.2) is 0 Å². The average molecular weight is 211 g/mol. The van der Waals surface area contributed by atoms with Gasteiger partial charge in [0, 0.05) is 13.6 Å². The van der Waals surface area contributed by atoms with Crippen LogP contribution in [0.2, 0.25) is 5.02 Å². The first kappa shape index (κ1) is 9.37. The fourth-order valence-corrected chi connectivity index (χ4v) is 2.09. The highest BCUT2D eigenvalue weighted by molar-refractivity contribution is 6.37. The van der Waals surface area contributed by atoms with E-state index in [1.807, 2.05) is 17.7 Å². The van der Waals surface area contributed by atoms with Crippen LogP contribution in [0.25, 0.3) is 10.9 Å². The molecule has 0 saturated heterocycles. The van der Waals surface area contributed by atoms with Crippen LogP contribution in [-0.2, 0) is 13.6 Å². The Morgan fingerprint density at radius 3 is 2.79 bits per heavy atom. The van der Waals surface area contributed by atoms with Crippen molar-refractivity contribution in [1.82, 2.24) is 4.57 Å². The van der Waals surface area contributed by atoms with Gasteiger partial charge >= 0.3 is 0 Å². The minimum atomic E-state index is 0.197. The smallest absolute Gasteiger partial charge is 0.126 e. The third-order valence-corrected chi connectivity index (χ3v) is 2.86. The molecule has 1 heterocycles. The van der Waals surface area contributed by atoms with Crippen LogP contribution < -0.4 is 5.73 Å². The van der Waals surface area contributed by atoms with Crippen LogP contribution in [0.15, 0.2) is 18.2 Å². The van der Waals surface area contributed by atoms with E-state index < -0.39 is 0 Å². The summed E-state index contributed by atoms with van der Waals surface area (Å²) < 4.78 is 1.90. The molecule has 14 heavy (non-hydrogen) atoms. The number of aromatic hydroxyl groups is 1. The van der Waals surface area contributed by atoms with E-state index in [-0.39, 0.29) is 5.75 Å². The molecule has 0 aliphatic carbocycles. The van der Waals surface area contributed by atoms with E-state index >= 15 is 0 Å². The lowest BCUT2D eigenvalue weighted by Crippen LogP contribution is -2.03. The number of nitrogens with two attached hydrogens (primary N) is 1. The number of rotatable bonds is 1. The number of aryl methyl sites for hydroxylation is 1. The van der Waals surface area contributed by atoms with Gasteiger partial charge in [0.2, 0.25) is 0 Å². The van der Waals surface area contributed by atoms with E-state index in [0.717, 1.165) is 11.2 Å². The number of halogens is 1. The molecule has 3 nitrogen and oxygen atoms in total. The van der Waals surface area contributed by atoms with E-state index in [4.69, 9.17) is 17.3 Å². The highest BCUT2D eigenvalue weighted by Crippen LogP contribution is 2.35. The molecule has 0 radical (unpaired) electrons. The standard InChI is InChI=1S/C10H11ClN2O/c1-13-6-3-2-4-8(14)9(6)10(11)7(13)5-12/h2-4,14H,5,12H2,1H3. The summed E-state index contributed by atoms with van der Waals surface area (Å²) in [5.74, 6) is 0.197. The van der Waals surface area contributed by atoms with E-state index in [1.54, 1.807) is 12.1 Å². The molecule has 0 saturated carbocycles. The Labute approximate surface area is 86.7 Å². The molecule has 0 amide bonds. The van der Waals surface area contributed by atoms with Crippen molar-refractivity contribution >= 4 is 22.5 Å². The summed E-state index contributed by atoms with van der Waals surface area (Å²) in [6.45, 7) is 0.365. The van der Waals surface area contributed by atoms with Gasteiger partial charge in [-0.2, -0.15) is 0 Å². The molecular formula is C10H11ClN2O. The normalized spacial score (nSPS) is 11.1. The number of aromatic nitrogens is 1. The highest BCUT2D eigenvalue weighted by Gasteiger charge is 2.14. The Bertz CT molecular complexity index is 490. The molecule has 2 rings (SSSR count). The van der Waals surface area contributed by atoms with Gasteiger partial charge in [-0.05, 0) is 12.1 Å². The molecule has 0 aliphatic rings. The van der Waals surface area contributed by atoms with Crippen molar-refractivity contribution in [3.63, 3.8) is 0 Å². The third-order valence-electron chi connectivity index (χ3n) is 2.45. The number of phenols is 1. The Hall–Kier alpha value is -1.19. The summed E-state index contributed by atoms with van der Waals surface area (Å²) in [6, 6.07) is 5.31. The minimum absolute atomic E-state index is 0.197. The zero-order valence-electron chi connectivity index (χ0n) is 7.79. The lowest BCUT2D eigenvalue weighted by atomic mass is 10.2. The lowest BCUT2D eigenvalue weighted by Gasteiger charge is -2.00. The number of hydrogen-bond acceptors (Lipinski definition) is 2. The summed E-state index contributed by atoms with van der Waals surface area (Å²) in [5.41, 5.74) is 7.31. The lowest BCUT2D eigenvalue weighted by molar-refractivity contribution is 0.481. The van der Waals surface area contributed by atoms with Crippen molar-refractivity contribution in [2.75, 3.05) is 0 Å². The predicted molar refractivity (Wildman–Crippen MR) is 57.5 cm³/mol. The summed E-state index contributed by atoms with van der Waals surface area (Å²) >= 11 is 6.11. The van der Waals surface area contributed by atoms with Crippen LogP contribution in [-0.4, -0.2) is 9.67 Å². The first-order valence-corrected chi connectivity index (χ1v) is 4.69. The van der Waals surface area contributed by atoms with Crippen LogP contribution >= 0.6 is 11.6 Å². The van der Waals surface area contributed by atoms with Crippen LogP contribution in [0.1, 0.15) is 5.69 Å². The second-order valence-corrected chi connectivity index (χ2v) is 3.57. The summed E-state index contributed by atoms with van der Waals surface area (Å²) in [4.78, 5) is 0. The molecule has 0 bridgehead atoms. The fourth-order valence-electron chi connectivity index (χ4n) is 1.70. The molecule has 0 fully saturated rings. The highest BCUT2D eigenvalue weighted by atomic mass is 35.5. The van der Waals surface area contributed by atoms with Gasteiger partial charge in [0.1, 0.15) is 5.75 Å². The molecular weight excluding hydrogens is 200 g/mol. The van der Waals surface area contributed by atoms with Gasteiger partial charge in [0.05, 0.1) is 21.6 Å². The number of benzene rings is 1. The number of phenolic OH excluding ortho intramolecular Hbond substituents is 1. The molecule has 4 heteroatoms.